The van der Waals surface area contributed by atoms with Gasteiger partial charge in [0.2, 0.25) is 0 Å². The van der Waals surface area contributed by atoms with Crippen molar-refractivity contribution in [1.82, 2.24) is 4.98 Å². The number of nitro groups is 1. The average Bonchev–Trinajstić information content (AvgIpc) is 2.89. The van der Waals surface area contributed by atoms with E-state index >= 15 is 0 Å². The van der Waals surface area contributed by atoms with Crippen LogP contribution in [0.1, 0.15) is 25.7 Å². The first-order valence-corrected chi connectivity index (χ1v) is 7.48. The lowest BCUT2D eigenvalue weighted by Gasteiger charge is -2.26. The van der Waals surface area contributed by atoms with Gasteiger partial charge in [0.1, 0.15) is 5.69 Å². The molecule has 7 heteroatoms. The van der Waals surface area contributed by atoms with Gasteiger partial charge in [0.25, 0.3) is 0 Å². The first-order valence-electron chi connectivity index (χ1n) is 6.60. The van der Waals surface area contributed by atoms with E-state index in [2.05, 4.69) is 10.3 Å². The summed E-state index contributed by atoms with van der Waals surface area (Å²) in [6.07, 6.45) is 2.90. The van der Waals surface area contributed by atoms with E-state index in [1.807, 2.05) is 6.07 Å². The van der Waals surface area contributed by atoms with Crippen LogP contribution in [0.2, 0.25) is 0 Å². The molecule has 1 aromatic carbocycles. The molecule has 1 aliphatic rings. The van der Waals surface area contributed by atoms with Crippen molar-refractivity contribution < 1.29 is 10.0 Å². The Morgan fingerprint density at radius 2 is 2.10 bits per heavy atom. The van der Waals surface area contributed by atoms with Crippen LogP contribution in [-0.4, -0.2) is 27.2 Å². The number of hydrogen-bond donors (Lipinski definition) is 2. The minimum atomic E-state index is -0.373. The molecule has 2 N–H and O–H groups in total. The summed E-state index contributed by atoms with van der Waals surface area (Å²) in [4.78, 5) is 15.0. The predicted octanol–water partition coefficient (Wildman–Crippen LogP) is 2.92. The van der Waals surface area contributed by atoms with Crippen molar-refractivity contribution in [3.05, 3.63) is 27.8 Å². The number of anilines is 1. The molecule has 1 saturated carbocycles. The molecule has 0 bridgehead atoms. The van der Waals surface area contributed by atoms with Crippen molar-refractivity contribution >= 4 is 32.9 Å². The molecule has 1 aliphatic carbocycles. The molecule has 6 nitrogen and oxygen atoms in total. The van der Waals surface area contributed by atoms with E-state index in [0.29, 0.717) is 11.2 Å². The summed E-state index contributed by atoms with van der Waals surface area (Å²) in [7, 11) is 0. The highest BCUT2D eigenvalue weighted by atomic mass is 32.1. The Morgan fingerprint density at radius 3 is 2.80 bits per heavy atom. The number of rotatable bonds is 3. The number of thiazole rings is 1. The van der Waals surface area contributed by atoms with E-state index in [1.165, 1.54) is 11.3 Å². The fourth-order valence-electron chi connectivity index (χ4n) is 2.66. The summed E-state index contributed by atoms with van der Waals surface area (Å²) in [6.45, 7) is 0. The highest BCUT2D eigenvalue weighted by Crippen LogP contribution is 2.35. The SMILES string of the molecule is O=[N+]([O-])c1c(NC2CCC(O)CC2)ccc2scnc12. The summed E-state index contributed by atoms with van der Waals surface area (Å²) in [5, 5.41) is 24.1. The summed E-state index contributed by atoms with van der Waals surface area (Å²) < 4.78 is 0.821. The van der Waals surface area contributed by atoms with Crippen molar-refractivity contribution in [2.45, 2.75) is 37.8 Å². The molecule has 0 unspecified atom stereocenters. The first kappa shape index (κ1) is 13.3. The molecule has 0 amide bonds. The van der Waals surface area contributed by atoms with Gasteiger partial charge < -0.3 is 10.4 Å². The number of aliphatic hydroxyl groups excluding tert-OH is 1. The van der Waals surface area contributed by atoms with Gasteiger partial charge in [0.15, 0.2) is 5.52 Å². The quantitative estimate of drug-likeness (QED) is 0.671. The summed E-state index contributed by atoms with van der Waals surface area (Å²) in [6, 6.07) is 3.79. The van der Waals surface area contributed by atoms with Crippen molar-refractivity contribution in [1.29, 1.82) is 0 Å². The maximum absolute atomic E-state index is 11.3. The van der Waals surface area contributed by atoms with Crippen molar-refractivity contribution in [2.75, 3.05) is 5.32 Å². The number of aliphatic hydroxyl groups is 1. The normalized spacial score (nSPS) is 22.9. The monoisotopic (exact) mass is 293 g/mol. The molecular formula is C13H15N3O3S. The summed E-state index contributed by atoms with van der Waals surface area (Å²) >= 11 is 1.40. The number of aromatic nitrogens is 1. The van der Waals surface area contributed by atoms with Gasteiger partial charge in [0.05, 0.1) is 21.2 Å². The Kier molecular flexibility index (Phi) is 3.54. The Balaban J connectivity index is 1.90. The number of hydrogen-bond acceptors (Lipinski definition) is 6. The van der Waals surface area contributed by atoms with Gasteiger partial charge in [0, 0.05) is 6.04 Å². The van der Waals surface area contributed by atoms with Gasteiger partial charge in [-0.1, -0.05) is 0 Å². The lowest BCUT2D eigenvalue weighted by atomic mass is 9.93. The summed E-state index contributed by atoms with van der Waals surface area (Å²) in [5.41, 5.74) is 2.64. The smallest absolute Gasteiger partial charge is 0.319 e. The van der Waals surface area contributed by atoms with Crippen LogP contribution in [0, 0.1) is 10.1 Å². The van der Waals surface area contributed by atoms with Crippen LogP contribution < -0.4 is 5.32 Å². The maximum Gasteiger partial charge on any atom is 0.319 e. The molecule has 0 spiro atoms. The second kappa shape index (κ2) is 5.34. The third-order valence-electron chi connectivity index (χ3n) is 3.71. The largest absolute Gasteiger partial charge is 0.393 e. The molecule has 0 radical (unpaired) electrons. The fraction of sp³-hybridized carbons (Fsp3) is 0.462. The van der Waals surface area contributed by atoms with E-state index in [1.54, 1.807) is 11.6 Å². The van der Waals surface area contributed by atoms with Gasteiger partial charge in [-0.15, -0.1) is 11.3 Å². The zero-order chi connectivity index (χ0) is 14.1. The van der Waals surface area contributed by atoms with E-state index in [9.17, 15) is 15.2 Å². The molecule has 1 fully saturated rings. The zero-order valence-corrected chi connectivity index (χ0v) is 11.6. The molecule has 3 rings (SSSR count). The standard InChI is InChI=1S/C13H15N3O3S/c17-9-3-1-8(2-4-9)15-10-5-6-11-12(14-7-20-11)13(10)16(18)19/h5-9,15,17H,1-4H2. The lowest BCUT2D eigenvalue weighted by molar-refractivity contribution is -0.382. The molecule has 2 aromatic rings. The van der Waals surface area contributed by atoms with Crippen molar-refractivity contribution in [3.8, 4) is 0 Å². The Labute approximate surface area is 119 Å². The van der Waals surface area contributed by atoms with E-state index < -0.39 is 0 Å². The second-order valence-corrected chi connectivity index (χ2v) is 5.95. The Bertz CT molecular complexity index is 635. The third kappa shape index (κ3) is 2.46. The maximum atomic E-state index is 11.3. The van der Waals surface area contributed by atoms with Crippen LogP contribution in [0.25, 0.3) is 10.2 Å². The molecule has 1 heterocycles. The molecule has 0 atom stereocenters. The van der Waals surface area contributed by atoms with E-state index in [-0.39, 0.29) is 22.8 Å². The van der Waals surface area contributed by atoms with Gasteiger partial charge >= 0.3 is 5.69 Å². The van der Waals surface area contributed by atoms with Crippen LogP contribution >= 0.6 is 11.3 Å². The molecular weight excluding hydrogens is 278 g/mol. The minimum Gasteiger partial charge on any atom is -0.393 e. The summed E-state index contributed by atoms with van der Waals surface area (Å²) in [5.74, 6) is 0. The number of benzene rings is 1. The van der Waals surface area contributed by atoms with Crippen LogP contribution in [0.15, 0.2) is 17.6 Å². The van der Waals surface area contributed by atoms with E-state index in [4.69, 9.17) is 0 Å². The first-order chi connectivity index (χ1) is 9.65. The number of nitrogens with one attached hydrogen (secondary N) is 1. The lowest BCUT2D eigenvalue weighted by Crippen LogP contribution is -2.28. The van der Waals surface area contributed by atoms with Gasteiger partial charge in [-0.25, -0.2) is 4.98 Å². The molecule has 0 aliphatic heterocycles. The minimum absolute atomic E-state index is 0.0508. The van der Waals surface area contributed by atoms with E-state index in [0.717, 1.165) is 30.4 Å². The second-order valence-electron chi connectivity index (χ2n) is 5.07. The van der Waals surface area contributed by atoms with Crippen LogP contribution in [0.5, 0.6) is 0 Å². The average molecular weight is 293 g/mol. The van der Waals surface area contributed by atoms with Crippen LogP contribution in [0.3, 0.4) is 0 Å². The highest BCUT2D eigenvalue weighted by Gasteiger charge is 2.25. The highest BCUT2D eigenvalue weighted by molar-refractivity contribution is 7.16. The number of nitro benzene ring substituents is 1. The van der Waals surface area contributed by atoms with Gasteiger partial charge in [-0.3, -0.25) is 10.1 Å². The van der Waals surface area contributed by atoms with Crippen molar-refractivity contribution in [3.63, 3.8) is 0 Å². The zero-order valence-electron chi connectivity index (χ0n) is 10.8. The van der Waals surface area contributed by atoms with Crippen molar-refractivity contribution in [2.24, 2.45) is 0 Å². The molecule has 106 valence electrons. The predicted molar refractivity (Wildman–Crippen MR) is 78.2 cm³/mol. The Hall–Kier alpha value is -1.73. The third-order valence-corrected chi connectivity index (χ3v) is 4.51. The number of fused-ring (bicyclic) bond motifs is 1. The Morgan fingerprint density at radius 1 is 1.35 bits per heavy atom. The van der Waals surface area contributed by atoms with Crippen LogP contribution in [-0.2, 0) is 0 Å². The molecule has 20 heavy (non-hydrogen) atoms. The topological polar surface area (TPSA) is 88.3 Å². The molecule has 0 saturated heterocycles. The van der Waals surface area contributed by atoms with Crippen LogP contribution in [0.4, 0.5) is 11.4 Å². The van der Waals surface area contributed by atoms with Gasteiger partial charge in [-0.2, -0.15) is 0 Å². The number of nitrogens with zero attached hydrogens (tertiary/aromatic N) is 2. The molecule has 1 aromatic heterocycles. The van der Waals surface area contributed by atoms with Gasteiger partial charge in [-0.05, 0) is 37.8 Å². The fourth-order valence-corrected chi connectivity index (χ4v) is 3.34.